The highest BCUT2D eigenvalue weighted by Crippen LogP contribution is 2.23. The summed E-state index contributed by atoms with van der Waals surface area (Å²) in [5.41, 5.74) is 4.87. The van der Waals surface area contributed by atoms with Gasteiger partial charge in [-0.3, -0.25) is 0 Å². The molecule has 1 amide bonds. The summed E-state index contributed by atoms with van der Waals surface area (Å²) in [6.45, 7) is 6.09. The molecule has 0 saturated carbocycles. The summed E-state index contributed by atoms with van der Waals surface area (Å²) < 4.78 is 5.01. The van der Waals surface area contributed by atoms with E-state index in [0.29, 0.717) is 6.54 Å². The molecule has 0 spiro atoms. The fourth-order valence-corrected chi connectivity index (χ4v) is 1.45. The molecule has 0 saturated heterocycles. The fourth-order valence-electron chi connectivity index (χ4n) is 1.45. The maximum Gasteiger partial charge on any atom is 0.554 e. The van der Waals surface area contributed by atoms with E-state index in [1.165, 1.54) is 0 Å². The molecule has 1 aliphatic rings. The lowest BCUT2D eigenvalue weighted by molar-refractivity contribution is -0.986. The molecule has 0 bridgehead atoms. The molecule has 0 aromatic heterocycles. The van der Waals surface area contributed by atoms with Gasteiger partial charge in [0.2, 0.25) is 0 Å². The minimum Gasteiger partial charge on any atom is -0.412 e. The molecule has 5 heteroatoms. The van der Waals surface area contributed by atoms with Crippen LogP contribution in [0, 0.1) is 0 Å². The minimum atomic E-state index is -0.525. The molecule has 1 rings (SSSR count). The molecule has 5 nitrogen and oxygen atoms in total. The van der Waals surface area contributed by atoms with Crippen molar-refractivity contribution in [1.82, 2.24) is 0 Å². The van der Waals surface area contributed by atoms with E-state index in [2.05, 4.69) is 0 Å². The van der Waals surface area contributed by atoms with Crippen LogP contribution < -0.4 is 5.73 Å². The maximum absolute atomic E-state index is 12.0. The smallest absolute Gasteiger partial charge is 0.412 e. The van der Waals surface area contributed by atoms with Crippen molar-refractivity contribution in [1.29, 1.82) is 0 Å². The Hall–Kier alpha value is -1.17. The quantitative estimate of drug-likeness (QED) is 0.619. The second kappa shape index (κ2) is 5.65. The molecular weight excluding hydrogens is 232 g/mol. The molecule has 2 N–H and O–H groups in total. The Morgan fingerprint density at radius 1 is 1.56 bits per heavy atom. The van der Waals surface area contributed by atoms with Crippen molar-refractivity contribution in [2.75, 3.05) is 13.6 Å². The maximum atomic E-state index is 12.0. The lowest BCUT2D eigenvalue weighted by Gasteiger charge is -2.25. The number of nitrogens with zero attached hydrogens (tertiary/aromatic N) is 1. The monoisotopic (exact) mass is 255 g/mol. The largest absolute Gasteiger partial charge is 0.554 e. The number of hydroxylamine groups is 3. The highest BCUT2D eigenvalue weighted by Gasteiger charge is 2.42. The van der Waals surface area contributed by atoms with Gasteiger partial charge in [0.15, 0.2) is 6.10 Å². The Kier molecular flexibility index (Phi) is 4.67. The van der Waals surface area contributed by atoms with Crippen LogP contribution in [0.2, 0.25) is 0 Å². The Morgan fingerprint density at radius 3 is 2.78 bits per heavy atom. The van der Waals surface area contributed by atoms with Crippen LogP contribution in [0.5, 0.6) is 0 Å². The third-order valence-corrected chi connectivity index (χ3v) is 2.32. The highest BCUT2D eigenvalue weighted by atomic mass is 16.8. The van der Waals surface area contributed by atoms with Gasteiger partial charge in [-0.25, -0.2) is 0 Å². The molecule has 0 fully saturated rings. The molecule has 0 aliphatic carbocycles. The van der Waals surface area contributed by atoms with Crippen LogP contribution in [0.1, 0.15) is 27.2 Å². The Bertz CT molecular complexity index is 358. The van der Waals surface area contributed by atoms with Gasteiger partial charge in [0, 0.05) is 6.08 Å². The molecule has 2 atom stereocenters. The van der Waals surface area contributed by atoms with Crippen molar-refractivity contribution in [3.8, 4) is 0 Å². The number of amides is 1. The number of quaternary nitrogens is 1. The van der Waals surface area contributed by atoms with Crippen molar-refractivity contribution in [2.24, 2.45) is 5.73 Å². The van der Waals surface area contributed by atoms with Crippen LogP contribution in [0.4, 0.5) is 4.79 Å². The number of nitrogens with two attached hydrogens (primary N) is 1. The zero-order valence-corrected chi connectivity index (χ0v) is 11.6. The third-order valence-electron chi connectivity index (χ3n) is 2.32. The van der Waals surface area contributed by atoms with Crippen LogP contribution >= 0.6 is 0 Å². The van der Waals surface area contributed by atoms with Gasteiger partial charge < -0.3 is 10.5 Å². The van der Waals surface area contributed by atoms with Gasteiger partial charge in [-0.1, -0.05) is 10.7 Å². The van der Waals surface area contributed by atoms with Gasteiger partial charge in [0.1, 0.15) is 18.8 Å². The Labute approximate surface area is 108 Å². The molecule has 102 valence electrons. The van der Waals surface area contributed by atoms with Crippen molar-refractivity contribution < 1.29 is 19.0 Å². The molecule has 18 heavy (non-hydrogen) atoms. The van der Waals surface area contributed by atoms with Gasteiger partial charge in [-0.05, 0) is 39.8 Å². The zero-order chi connectivity index (χ0) is 13.8. The summed E-state index contributed by atoms with van der Waals surface area (Å²) in [7, 11) is 1.65. The SMILES string of the molecule is CC(C)(C)OC(=O)[N+]1(C)C=CC(C=CCCN)O1. The number of hydrogen-bond donors (Lipinski definition) is 1. The van der Waals surface area contributed by atoms with E-state index < -0.39 is 11.7 Å². The normalized spacial score (nSPS) is 27.9. The summed E-state index contributed by atoms with van der Waals surface area (Å²) in [5.74, 6) is 0. The summed E-state index contributed by atoms with van der Waals surface area (Å²) in [6, 6.07) is 0. The van der Waals surface area contributed by atoms with Gasteiger partial charge in [0.25, 0.3) is 0 Å². The second-order valence-corrected chi connectivity index (χ2v) is 5.39. The van der Waals surface area contributed by atoms with Crippen molar-refractivity contribution in [2.45, 2.75) is 38.9 Å². The average molecular weight is 255 g/mol. The van der Waals surface area contributed by atoms with Crippen LogP contribution in [-0.4, -0.2) is 36.0 Å². The number of carbonyl (C=O) groups excluding carboxylic acids is 1. The van der Waals surface area contributed by atoms with Gasteiger partial charge >= 0.3 is 6.09 Å². The first-order chi connectivity index (χ1) is 8.27. The summed E-state index contributed by atoms with van der Waals surface area (Å²) in [4.78, 5) is 17.6. The number of hydrogen-bond acceptors (Lipinski definition) is 4. The first-order valence-corrected chi connectivity index (χ1v) is 6.11. The number of rotatable bonds is 3. The van der Waals surface area contributed by atoms with E-state index in [1.807, 2.05) is 39.0 Å². The van der Waals surface area contributed by atoms with Crippen LogP contribution in [0.25, 0.3) is 0 Å². The lowest BCUT2D eigenvalue weighted by Crippen LogP contribution is -2.46. The van der Waals surface area contributed by atoms with E-state index in [1.54, 1.807) is 13.2 Å². The van der Waals surface area contributed by atoms with Crippen LogP contribution in [0.15, 0.2) is 24.4 Å². The van der Waals surface area contributed by atoms with Gasteiger partial charge in [-0.15, -0.1) is 0 Å². The van der Waals surface area contributed by atoms with Crippen LogP contribution in [0.3, 0.4) is 0 Å². The number of carbonyl (C=O) groups is 1. The first-order valence-electron chi connectivity index (χ1n) is 6.11. The topological polar surface area (TPSA) is 61.5 Å². The predicted molar refractivity (Wildman–Crippen MR) is 69.2 cm³/mol. The van der Waals surface area contributed by atoms with Crippen molar-refractivity contribution in [3.63, 3.8) is 0 Å². The van der Waals surface area contributed by atoms with Crippen molar-refractivity contribution in [3.05, 3.63) is 24.4 Å². The van der Waals surface area contributed by atoms with Crippen LogP contribution in [-0.2, 0) is 9.57 Å². The predicted octanol–water partition coefficient (Wildman–Crippen LogP) is 2.10. The summed E-state index contributed by atoms with van der Waals surface area (Å²) >= 11 is 0. The fraction of sp³-hybridized carbons (Fsp3) is 0.615. The van der Waals surface area contributed by atoms with E-state index >= 15 is 0 Å². The minimum absolute atomic E-state index is 0.214. The Balaban J connectivity index is 2.58. The van der Waals surface area contributed by atoms with Gasteiger partial charge in [0.05, 0.1) is 0 Å². The second-order valence-electron chi connectivity index (χ2n) is 5.39. The molecule has 0 aromatic rings. The molecular formula is C13H23N2O3+. The standard InChI is InChI=1S/C13H23N2O3/c1-13(2,3)17-12(16)15(4)10-8-11(18-15)7-5-6-9-14/h5,7-8,10-11H,6,9,14H2,1-4H3/q+1. The number of ether oxygens (including phenoxy) is 1. The van der Waals surface area contributed by atoms with Gasteiger partial charge in [-0.2, -0.15) is 9.63 Å². The molecule has 0 radical (unpaired) electrons. The summed E-state index contributed by atoms with van der Waals surface area (Å²) in [6.07, 6.45) is 7.51. The first kappa shape index (κ1) is 14.9. The lowest BCUT2D eigenvalue weighted by atomic mass is 10.2. The van der Waals surface area contributed by atoms with E-state index in [9.17, 15) is 4.79 Å². The van der Waals surface area contributed by atoms with E-state index in [4.69, 9.17) is 15.3 Å². The summed E-state index contributed by atoms with van der Waals surface area (Å²) in [5, 5.41) is 0. The zero-order valence-electron chi connectivity index (χ0n) is 11.6. The Morgan fingerprint density at radius 2 is 2.22 bits per heavy atom. The average Bonchev–Trinajstić information content (AvgIpc) is 2.60. The van der Waals surface area contributed by atoms with E-state index in [0.717, 1.165) is 6.42 Å². The molecule has 2 unspecified atom stereocenters. The van der Waals surface area contributed by atoms with E-state index in [-0.39, 0.29) is 10.8 Å². The highest BCUT2D eigenvalue weighted by molar-refractivity contribution is 5.60. The molecule has 1 heterocycles. The molecule has 1 aliphatic heterocycles. The third kappa shape index (κ3) is 4.25. The molecule has 0 aromatic carbocycles. The van der Waals surface area contributed by atoms with Crippen molar-refractivity contribution >= 4 is 6.09 Å².